The van der Waals surface area contributed by atoms with Gasteiger partial charge in [0.1, 0.15) is 23.7 Å². The molecule has 1 aliphatic heterocycles. The molecule has 0 radical (unpaired) electrons. The second kappa shape index (κ2) is 12.9. The molecule has 0 atom stereocenters. The summed E-state index contributed by atoms with van der Waals surface area (Å²) in [5.41, 5.74) is 2.09. The maximum absolute atomic E-state index is 14.9. The molecule has 0 aliphatic carbocycles. The summed E-state index contributed by atoms with van der Waals surface area (Å²) in [5, 5.41) is 6.64. The van der Waals surface area contributed by atoms with Crippen LogP contribution < -0.4 is 15.0 Å². The van der Waals surface area contributed by atoms with Crippen LogP contribution in [0, 0.1) is 5.82 Å². The Bertz CT molecular complexity index is 1790. The predicted octanol–water partition coefficient (Wildman–Crippen LogP) is 7.21. The van der Waals surface area contributed by atoms with E-state index in [4.69, 9.17) is 0 Å². The van der Waals surface area contributed by atoms with E-state index in [1.54, 1.807) is 12.1 Å². The van der Waals surface area contributed by atoms with E-state index < -0.39 is 24.0 Å². The van der Waals surface area contributed by atoms with Crippen LogP contribution in [0.5, 0.6) is 5.75 Å². The highest BCUT2D eigenvalue weighted by Gasteiger charge is 2.33. The first-order valence-corrected chi connectivity index (χ1v) is 14.3. The van der Waals surface area contributed by atoms with Crippen molar-refractivity contribution in [3.63, 3.8) is 0 Å². The zero-order valence-electron chi connectivity index (χ0n) is 23.5. The van der Waals surface area contributed by atoms with Gasteiger partial charge in [-0.3, -0.25) is 9.69 Å². The van der Waals surface area contributed by atoms with Crippen LogP contribution in [0.3, 0.4) is 0 Å². The van der Waals surface area contributed by atoms with Crippen LogP contribution in [-0.2, 0) is 4.79 Å². The van der Waals surface area contributed by atoms with E-state index in [0.29, 0.717) is 22.5 Å². The maximum Gasteiger partial charge on any atom is 0.573 e. The fourth-order valence-corrected chi connectivity index (χ4v) is 5.16. The third kappa shape index (κ3) is 7.55. The quantitative estimate of drug-likeness (QED) is 0.214. The van der Waals surface area contributed by atoms with E-state index in [1.807, 2.05) is 13.8 Å². The predicted molar refractivity (Wildman–Crippen MR) is 159 cm³/mol. The normalized spacial score (nSPS) is 14.8. The maximum atomic E-state index is 14.9. The molecule has 2 heterocycles. The summed E-state index contributed by atoms with van der Waals surface area (Å²) in [4.78, 5) is 34.5. The Labute approximate surface area is 257 Å². The number of halogens is 5. The number of urea groups is 1. The number of benzene rings is 3. The lowest BCUT2D eigenvalue weighted by atomic mass is 10.0. The standard InChI is InChI=1S/C30H23F5N6O3S/c1-17(2)23-13-20(31)7-12-25(23)41-26(42)15-45-29(41)38-28(43)36-14-24(32)18-3-5-19(6-4-18)27-37-16-40(39-27)21-8-10-22(11-9-21)44-30(33,34)35/h3-14,16-17H,15H2,1-2H3,(H,36,43)/b24-14-,38-29?. The fraction of sp³-hybridized carbons (Fsp3) is 0.167. The first-order chi connectivity index (χ1) is 21.4. The van der Waals surface area contributed by atoms with Crippen LogP contribution in [0.15, 0.2) is 84.2 Å². The SMILES string of the molecule is CC(C)c1cc(F)ccc1N1C(=O)CSC1=NC(=O)N/C=C(\F)c1ccc(-c2ncn(-c3ccc(OC(F)(F)F)cc3)n2)cc1. The van der Waals surface area contributed by atoms with Gasteiger partial charge in [-0.15, -0.1) is 18.3 Å². The van der Waals surface area contributed by atoms with Crippen LogP contribution >= 0.6 is 11.8 Å². The average Bonchev–Trinajstić information content (AvgIpc) is 3.63. The van der Waals surface area contributed by atoms with Crippen molar-refractivity contribution in [2.75, 3.05) is 10.7 Å². The molecule has 3 amide bonds. The second-order valence-electron chi connectivity index (χ2n) is 9.84. The number of aromatic nitrogens is 3. The van der Waals surface area contributed by atoms with Crippen LogP contribution in [0.1, 0.15) is 30.9 Å². The minimum atomic E-state index is -4.80. The Kier molecular flexibility index (Phi) is 8.99. The summed E-state index contributed by atoms with van der Waals surface area (Å²) in [7, 11) is 0. The Morgan fingerprint density at radius 3 is 2.47 bits per heavy atom. The largest absolute Gasteiger partial charge is 0.573 e. The van der Waals surface area contributed by atoms with Gasteiger partial charge < -0.3 is 10.1 Å². The molecule has 3 aromatic carbocycles. The molecule has 232 valence electrons. The molecular weight excluding hydrogens is 619 g/mol. The van der Waals surface area contributed by atoms with Gasteiger partial charge in [0.2, 0.25) is 5.91 Å². The monoisotopic (exact) mass is 642 g/mol. The number of nitrogens with one attached hydrogen (secondary N) is 1. The molecule has 5 rings (SSSR count). The highest BCUT2D eigenvalue weighted by atomic mass is 32.2. The van der Waals surface area contributed by atoms with E-state index >= 15 is 0 Å². The lowest BCUT2D eigenvalue weighted by Gasteiger charge is -2.21. The smallest absolute Gasteiger partial charge is 0.406 e. The summed E-state index contributed by atoms with van der Waals surface area (Å²) in [6.45, 7) is 3.70. The average molecular weight is 643 g/mol. The van der Waals surface area contributed by atoms with Crippen molar-refractivity contribution >= 4 is 40.4 Å². The van der Waals surface area contributed by atoms with Gasteiger partial charge in [-0.25, -0.2) is 23.2 Å². The van der Waals surface area contributed by atoms with Gasteiger partial charge in [0.05, 0.1) is 17.1 Å². The van der Waals surface area contributed by atoms with Crippen LogP contribution in [0.4, 0.5) is 32.4 Å². The number of alkyl halides is 3. The number of hydrogen-bond acceptors (Lipinski definition) is 6. The van der Waals surface area contributed by atoms with Crippen LogP contribution in [-0.4, -0.2) is 44.0 Å². The molecule has 1 fully saturated rings. The van der Waals surface area contributed by atoms with Gasteiger partial charge in [-0.1, -0.05) is 49.9 Å². The number of amides is 3. The van der Waals surface area contributed by atoms with Gasteiger partial charge >= 0.3 is 12.4 Å². The molecule has 9 nitrogen and oxygen atoms in total. The van der Waals surface area contributed by atoms with Gasteiger partial charge in [0.15, 0.2) is 11.0 Å². The van der Waals surface area contributed by atoms with Gasteiger partial charge in [0, 0.05) is 17.3 Å². The Morgan fingerprint density at radius 2 is 1.80 bits per heavy atom. The number of carbonyl (C=O) groups is 2. The summed E-state index contributed by atoms with van der Waals surface area (Å²) in [6.07, 6.45) is -2.59. The number of aliphatic imine (C=N–C) groups is 1. The molecule has 4 aromatic rings. The lowest BCUT2D eigenvalue weighted by Crippen LogP contribution is -2.31. The number of ether oxygens (including phenoxy) is 1. The van der Waals surface area contributed by atoms with Crippen molar-refractivity contribution in [1.82, 2.24) is 20.1 Å². The molecule has 15 heteroatoms. The third-order valence-corrected chi connectivity index (χ3v) is 7.31. The van der Waals surface area contributed by atoms with Crippen molar-refractivity contribution < 1.29 is 36.3 Å². The van der Waals surface area contributed by atoms with Crippen molar-refractivity contribution in [2.24, 2.45) is 4.99 Å². The Hall–Kier alpha value is -5.05. The Balaban J connectivity index is 1.24. The van der Waals surface area contributed by atoms with E-state index in [9.17, 15) is 31.5 Å². The van der Waals surface area contributed by atoms with Crippen molar-refractivity contribution in [3.8, 4) is 22.8 Å². The lowest BCUT2D eigenvalue weighted by molar-refractivity contribution is -0.274. The number of nitrogens with zero attached hydrogens (tertiary/aromatic N) is 5. The van der Waals surface area contributed by atoms with E-state index in [1.165, 1.54) is 58.4 Å². The molecule has 45 heavy (non-hydrogen) atoms. The van der Waals surface area contributed by atoms with Crippen molar-refractivity contribution in [1.29, 1.82) is 0 Å². The van der Waals surface area contributed by atoms with E-state index in [0.717, 1.165) is 30.1 Å². The molecule has 1 saturated heterocycles. The number of thioether (sulfide) groups is 1. The fourth-order valence-electron chi connectivity index (χ4n) is 4.30. The third-order valence-electron chi connectivity index (χ3n) is 6.38. The molecular formula is C30H23F5N6O3S. The number of hydrogen-bond donors (Lipinski definition) is 1. The molecule has 1 aromatic heterocycles. The van der Waals surface area contributed by atoms with Crippen LogP contribution in [0.2, 0.25) is 0 Å². The first-order valence-electron chi connectivity index (χ1n) is 13.3. The van der Waals surface area contributed by atoms with Gasteiger partial charge in [-0.05, 0) is 53.9 Å². The molecule has 0 unspecified atom stereocenters. The highest BCUT2D eigenvalue weighted by Crippen LogP contribution is 2.34. The van der Waals surface area contributed by atoms with Crippen molar-refractivity contribution in [3.05, 3.63) is 96.2 Å². The molecule has 0 saturated carbocycles. The summed E-state index contributed by atoms with van der Waals surface area (Å²) in [5.74, 6) is -1.72. The zero-order valence-corrected chi connectivity index (χ0v) is 24.4. The second-order valence-corrected chi connectivity index (χ2v) is 10.8. The number of anilines is 1. The number of rotatable bonds is 7. The number of amidine groups is 1. The first kappa shape index (κ1) is 31.4. The van der Waals surface area contributed by atoms with E-state index in [2.05, 4.69) is 25.1 Å². The zero-order chi connectivity index (χ0) is 32.3. The highest BCUT2D eigenvalue weighted by molar-refractivity contribution is 8.15. The topological polar surface area (TPSA) is 102 Å². The molecule has 0 spiro atoms. The van der Waals surface area contributed by atoms with Crippen LogP contribution in [0.25, 0.3) is 22.9 Å². The molecule has 0 bridgehead atoms. The molecule has 1 aliphatic rings. The minimum Gasteiger partial charge on any atom is -0.406 e. The minimum absolute atomic E-state index is 0.0356. The summed E-state index contributed by atoms with van der Waals surface area (Å²) < 4.78 is 71.1. The molecule has 1 N–H and O–H groups in total. The van der Waals surface area contributed by atoms with Gasteiger partial charge in [-0.2, -0.15) is 4.99 Å². The number of carbonyl (C=O) groups excluding carboxylic acids is 2. The van der Waals surface area contributed by atoms with Gasteiger partial charge in [0.25, 0.3) is 0 Å². The summed E-state index contributed by atoms with van der Waals surface area (Å²) in [6, 6.07) is 14.2. The summed E-state index contributed by atoms with van der Waals surface area (Å²) >= 11 is 1.04. The van der Waals surface area contributed by atoms with E-state index in [-0.39, 0.29) is 39.9 Å². The van der Waals surface area contributed by atoms with Crippen molar-refractivity contribution in [2.45, 2.75) is 26.1 Å². The Morgan fingerprint density at radius 1 is 1.09 bits per heavy atom.